The molecule has 1 N–H and O–H groups in total. The van der Waals surface area contributed by atoms with E-state index >= 15 is 0 Å². The molecule has 1 heterocycles. The Labute approximate surface area is 65.5 Å². The van der Waals surface area contributed by atoms with Crippen molar-refractivity contribution in [3.05, 3.63) is 24.5 Å². The maximum Gasteiger partial charge on any atom is 0.141 e. The minimum absolute atomic E-state index is 0.141. The highest BCUT2D eigenvalue weighted by atomic mass is 16.1. The molecule has 0 radical (unpaired) electrons. The van der Waals surface area contributed by atoms with Crippen LogP contribution in [0.15, 0.2) is 24.5 Å². The molecule has 0 unspecified atom stereocenters. The van der Waals surface area contributed by atoms with Crippen molar-refractivity contribution >= 4 is 12.0 Å². The van der Waals surface area contributed by atoms with Gasteiger partial charge in [-0.1, -0.05) is 0 Å². The zero-order valence-electron chi connectivity index (χ0n) is 6.32. The van der Waals surface area contributed by atoms with Crippen LogP contribution < -0.4 is 5.32 Å². The Morgan fingerprint density at radius 3 is 2.73 bits per heavy atom. The summed E-state index contributed by atoms with van der Waals surface area (Å²) >= 11 is 0. The number of aldehydes is 1. The van der Waals surface area contributed by atoms with Crippen molar-refractivity contribution < 1.29 is 4.79 Å². The van der Waals surface area contributed by atoms with E-state index < -0.39 is 0 Å². The monoisotopic (exact) mass is 150 g/mol. The van der Waals surface area contributed by atoms with Crippen molar-refractivity contribution in [2.24, 2.45) is 0 Å². The van der Waals surface area contributed by atoms with E-state index in [1.807, 2.05) is 12.1 Å². The zero-order valence-corrected chi connectivity index (χ0v) is 6.32. The van der Waals surface area contributed by atoms with Gasteiger partial charge in [-0.15, -0.1) is 0 Å². The standard InChI is InChI=1S/C8H10N2O/c1-7(6-11)10-8-2-4-9-5-3-8/h2-7H,1H3,(H,9,10)/t7-/m0/s1. The molecule has 1 aromatic rings. The summed E-state index contributed by atoms with van der Waals surface area (Å²) in [5.74, 6) is 0. The molecule has 1 aromatic heterocycles. The molecule has 3 nitrogen and oxygen atoms in total. The van der Waals surface area contributed by atoms with Gasteiger partial charge in [-0.2, -0.15) is 0 Å². The Balaban J connectivity index is 2.57. The van der Waals surface area contributed by atoms with Gasteiger partial charge in [0.05, 0.1) is 6.04 Å². The zero-order chi connectivity index (χ0) is 8.10. The van der Waals surface area contributed by atoms with E-state index in [1.54, 1.807) is 19.3 Å². The van der Waals surface area contributed by atoms with E-state index in [4.69, 9.17) is 0 Å². The molecule has 0 amide bonds. The van der Waals surface area contributed by atoms with Crippen LogP contribution in [0.3, 0.4) is 0 Å². The first-order valence-electron chi connectivity index (χ1n) is 3.45. The van der Waals surface area contributed by atoms with Gasteiger partial charge in [-0.05, 0) is 19.1 Å². The summed E-state index contributed by atoms with van der Waals surface area (Å²) in [5.41, 5.74) is 0.916. The molecule has 0 fully saturated rings. The minimum atomic E-state index is -0.141. The molecule has 0 spiro atoms. The number of pyridine rings is 1. The first kappa shape index (κ1) is 7.72. The van der Waals surface area contributed by atoms with Crippen LogP contribution in [0.4, 0.5) is 5.69 Å². The first-order valence-corrected chi connectivity index (χ1v) is 3.45. The Morgan fingerprint density at radius 1 is 1.55 bits per heavy atom. The van der Waals surface area contributed by atoms with E-state index in [-0.39, 0.29) is 6.04 Å². The lowest BCUT2D eigenvalue weighted by Crippen LogP contribution is -2.15. The van der Waals surface area contributed by atoms with Crippen molar-refractivity contribution in [1.82, 2.24) is 4.98 Å². The van der Waals surface area contributed by atoms with Crippen LogP contribution >= 0.6 is 0 Å². The largest absolute Gasteiger partial charge is 0.376 e. The summed E-state index contributed by atoms with van der Waals surface area (Å²) < 4.78 is 0. The van der Waals surface area contributed by atoms with E-state index in [1.165, 1.54) is 0 Å². The lowest BCUT2D eigenvalue weighted by Gasteiger charge is -2.06. The van der Waals surface area contributed by atoms with E-state index in [0.717, 1.165) is 12.0 Å². The van der Waals surface area contributed by atoms with E-state index in [0.29, 0.717) is 0 Å². The fraction of sp³-hybridized carbons (Fsp3) is 0.250. The summed E-state index contributed by atoms with van der Waals surface area (Å²) in [7, 11) is 0. The summed E-state index contributed by atoms with van der Waals surface area (Å²) in [4.78, 5) is 14.1. The molecule has 58 valence electrons. The molecule has 1 atom stereocenters. The number of rotatable bonds is 3. The van der Waals surface area contributed by atoms with Gasteiger partial charge in [0, 0.05) is 18.1 Å². The van der Waals surface area contributed by atoms with Crippen LogP contribution in [0.5, 0.6) is 0 Å². The van der Waals surface area contributed by atoms with E-state index in [2.05, 4.69) is 10.3 Å². The van der Waals surface area contributed by atoms with Crippen LogP contribution in [0.1, 0.15) is 6.92 Å². The van der Waals surface area contributed by atoms with Gasteiger partial charge in [0.25, 0.3) is 0 Å². The van der Waals surface area contributed by atoms with Crippen molar-refractivity contribution in [2.75, 3.05) is 5.32 Å². The number of carbonyl (C=O) groups is 1. The lowest BCUT2D eigenvalue weighted by atomic mass is 10.3. The van der Waals surface area contributed by atoms with Crippen molar-refractivity contribution in [3.63, 3.8) is 0 Å². The third kappa shape index (κ3) is 2.37. The normalized spacial score (nSPS) is 12.1. The average molecular weight is 150 g/mol. The third-order valence-corrected chi connectivity index (χ3v) is 1.28. The Hall–Kier alpha value is -1.38. The maximum atomic E-state index is 10.2. The van der Waals surface area contributed by atoms with E-state index in [9.17, 15) is 4.79 Å². The van der Waals surface area contributed by atoms with Crippen LogP contribution in [0.25, 0.3) is 0 Å². The molecular formula is C8H10N2O. The second-order valence-electron chi connectivity index (χ2n) is 2.30. The first-order chi connectivity index (χ1) is 5.33. The fourth-order valence-electron chi connectivity index (χ4n) is 0.745. The van der Waals surface area contributed by atoms with Gasteiger partial charge in [-0.3, -0.25) is 4.98 Å². The molecule has 0 aromatic carbocycles. The van der Waals surface area contributed by atoms with Crippen LogP contribution in [0.2, 0.25) is 0 Å². The molecule has 0 aliphatic rings. The molecule has 11 heavy (non-hydrogen) atoms. The van der Waals surface area contributed by atoms with Crippen molar-refractivity contribution in [1.29, 1.82) is 0 Å². The molecule has 1 rings (SSSR count). The average Bonchev–Trinajstić information content (AvgIpc) is 2.06. The molecule has 0 saturated carbocycles. The predicted molar refractivity (Wildman–Crippen MR) is 43.4 cm³/mol. The maximum absolute atomic E-state index is 10.2. The number of anilines is 1. The van der Waals surface area contributed by atoms with Crippen molar-refractivity contribution in [3.8, 4) is 0 Å². The highest BCUT2D eigenvalue weighted by Gasteiger charge is 1.96. The number of carbonyl (C=O) groups excluding carboxylic acids is 1. The predicted octanol–water partition coefficient (Wildman–Crippen LogP) is 1.08. The second kappa shape index (κ2) is 3.71. The SMILES string of the molecule is C[C@@H](C=O)Nc1ccncc1. The van der Waals surface area contributed by atoms with Crippen LogP contribution in [-0.4, -0.2) is 17.3 Å². The van der Waals surface area contributed by atoms with Gasteiger partial charge in [-0.25, -0.2) is 0 Å². The fourth-order valence-corrected chi connectivity index (χ4v) is 0.745. The number of nitrogens with zero attached hydrogens (tertiary/aromatic N) is 1. The summed E-state index contributed by atoms with van der Waals surface area (Å²) in [5, 5.41) is 2.98. The van der Waals surface area contributed by atoms with Crippen molar-refractivity contribution in [2.45, 2.75) is 13.0 Å². The molecule has 3 heteroatoms. The Bertz CT molecular complexity index is 223. The second-order valence-corrected chi connectivity index (χ2v) is 2.30. The molecule has 0 aliphatic carbocycles. The highest BCUT2D eigenvalue weighted by molar-refractivity contribution is 5.63. The Morgan fingerprint density at radius 2 is 2.18 bits per heavy atom. The molecule has 0 bridgehead atoms. The van der Waals surface area contributed by atoms with Gasteiger partial charge in [0.1, 0.15) is 6.29 Å². The minimum Gasteiger partial charge on any atom is -0.376 e. The Kier molecular flexibility index (Phi) is 2.60. The summed E-state index contributed by atoms with van der Waals surface area (Å²) in [6.45, 7) is 1.80. The smallest absolute Gasteiger partial charge is 0.141 e. The van der Waals surface area contributed by atoms with Gasteiger partial charge in [0.2, 0.25) is 0 Å². The lowest BCUT2D eigenvalue weighted by molar-refractivity contribution is -0.108. The van der Waals surface area contributed by atoms with Gasteiger partial charge >= 0.3 is 0 Å². The van der Waals surface area contributed by atoms with Crippen LogP contribution in [-0.2, 0) is 4.79 Å². The number of aromatic nitrogens is 1. The molecular weight excluding hydrogens is 140 g/mol. The van der Waals surface area contributed by atoms with Gasteiger partial charge in [0.15, 0.2) is 0 Å². The molecule has 0 saturated heterocycles. The highest BCUT2D eigenvalue weighted by Crippen LogP contribution is 2.03. The number of nitrogens with one attached hydrogen (secondary N) is 1. The van der Waals surface area contributed by atoms with Crippen LogP contribution in [0, 0.1) is 0 Å². The summed E-state index contributed by atoms with van der Waals surface area (Å²) in [6.07, 6.45) is 4.22. The molecule has 0 aliphatic heterocycles. The third-order valence-electron chi connectivity index (χ3n) is 1.28. The topological polar surface area (TPSA) is 42.0 Å². The number of hydrogen-bond acceptors (Lipinski definition) is 3. The quantitative estimate of drug-likeness (QED) is 0.655. The number of hydrogen-bond donors (Lipinski definition) is 1. The van der Waals surface area contributed by atoms with Gasteiger partial charge < -0.3 is 10.1 Å². The summed E-state index contributed by atoms with van der Waals surface area (Å²) in [6, 6.07) is 3.50.